The van der Waals surface area contributed by atoms with E-state index in [4.69, 9.17) is 14.0 Å². The van der Waals surface area contributed by atoms with Crippen LogP contribution in [0.15, 0.2) is 22.7 Å². The van der Waals surface area contributed by atoms with Gasteiger partial charge in [-0.3, -0.25) is 0 Å². The SMILES string of the molecule is CCOc1cc(CNC)ccc1OCc1noc(CC)n1. The van der Waals surface area contributed by atoms with Gasteiger partial charge in [0.05, 0.1) is 6.61 Å². The molecular formula is C15H21N3O3. The summed E-state index contributed by atoms with van der Waals surface area (Å²) in [7, 11) is 1.91. The van der Waals surface area contributed by atoms with Crippen LogP contribution in [0.25, 0.3) is 0 Å². The zero-order valence-electron chi connectivity index (χ0n) is 12.7. The molecular weight excluding hydrogens is 270 g/mol. The number of nitrogens with one attached hydrogen (secondary N) is 1. The van der Waals surface area contributed by atoms with Crippen molar-refractivity contribution in [2.24, 2.45) is 0 Å². The highest BCUT2D eigenvalue weighted by molar-refractivity contribution is 5.43. The van der Waals surface area contributed by atoms with E-state index in [1.165, 1.54) is 0 Å². The van der Waals surface area contributed by atoms with Crippen molar-refractivity contribution in [2.75, 3.05) is 13.7 Å². The number of ether oxygens (including phenoxy) is 2. The van der Waals surface area contributed by atoms with Gasteiger partial charge in [-0.05, 0) is 31.7 Å². The Balaban J connectivity index is 2.07. The summed E-state index contributed by atoms with van der Waals surface area (Å²) in [6.07, 6.45) is 0.718. The third-order valence-corrected chi connectivity index (χ3v) is 2.86. The van der Waals surface area contributed by atoms with Gasteiger partial charge in [-0.15, -0.1) is 0 Å². The van der Waals surface area contributed by atoms with Crippen LogP contribution in [0.3, 0.4) is 0 Å². The monoisotopic (exact) mass is 291 g/mol. The predicted octanol–water partition coefficient (Wildman–Crippen LogP) is 2.33. The Morgan fingerprint density at radius 1 is 1.19 bits per heavy atom. The van der Waals surface area contributed by atoms with E-state index in [0.29, 0.717) is 24.1 Å². The fourth-order valence-corrected chi connectivity index (χ4v) is 1.89. The predicted molar refractivity (Wildman–Crippen MR) is 78.4 cm³/mol. The van der Waals surface area contributed by atoms with Crippen molar-refractivity contribution in [3.63, 3.8) is 0 Å². The third-order valence-electron chi connectivity index (χ3n) is 2.86. The smallest absolute Gasteiger partial charge is 0.226 e. The Hall–Kier alpha value is -2.08. The zero-order chi connectivity index (χ0) is 15.1. The number of nitrogens with zero attached hydrogens (tertiary/aromatic N) is 2. The van der Waals surface area contributed by atoms with Crippen molar-refractivity contribution in [3.05, 3.63) is 35.5 Å². The highest BCUT2D eigenvalue weighted by Gasteiger charge is 2.09. The van der Waals surface area contributed by atoms with E-state index >= 15 is 0 Å². The van der Waals surface area contributed by atoms with Gasteiger partial charge in [-0.1, -0.05) is 18.1 Å². The molecule has 0 saturated carbocycles. The minimum Gasteiger partial charge on any atom is -0.490 e. The second-order valence-electron chi connectivity index (χ2n) is 4.49. The molecule has 0 amide bonds. The van der Waals surface area contributed by atoms with Crippen molar-refractivity contribution in [1.29, 1.82) is 0 Å². The van der Waals surface area contributed by atoms with Gasteiger partial charge in [0.25, 0.3) is 0 Å². The minimum atomic E-state index is 0.259. The average molecular weight is 291 g/mol. The summed E-state index contributed by atoms with van der Waals surface area (Å²) in [6.45, 7) is 5.54. The highest BCUT2D eigenvalue weighted by atomic mass is 16.5. The maximum Gasteiger partial charge on any atom is 0.226 e. The summed E-state index contributed by atoms with van der Waals surface area (Å²) >= 11 is 0. The van der Waals surface area contributed by atoms with Crippen LogP contribution in [0.1, 0.15) is 31.1 Å². The van der Waals surface area contributed by atoms with Crippen LogP contribution in [-0.2, 0) is 19.6 Å². The number of aryl methyl sites for hydroxylation is 1. The zero-order valence-corrected chi connectivity index (χ0v) is 12.7. The number of benzene rings is 1. The summed E-state index contributed by atoms with van der Waals surface area (Å²) in [5, 5.41) is 6.97. The van der Waals surface area contributed by atoms with Gasteiger partial charge < -0.3 is 19.3 Å². The molecule has 21 heavy (non-hydrogen) atoms. The van der Waals surface area contributed by atoms with E-state index in [-0.39, 0.29) is 6.61 Å². The quantitative estimate of drug-likeness (QED) is 0.805. The lowest BCUT2D eigenvalue weighted by molar-refractivity contribution is 0.258. The van der Waals surface area contributed by atoms with Gasteiger partial charge in [0.1, 0.15) is 0 Å². The lowest BCUT2D eigenvalue weighted by atomic mass is 10.2. The Bertz CT molecular complexity index is 569. The number of aromatic nitrogens is 2. The molecule has 2 rings (SSSR count). The molecule has 1 aromatic carbocycles. The van der Waals surface area contributed by atoms with Crippen LogP contribution < -0.4 is 14.8 Å². The Morgan fingerprint density at radius 2 is 2.05 bits per heavy atom. The molecule has 6 heteroatoms. The van der Waals surface area contributed by atoms with Crippen LogP contribution in [-0.4, -0.2) is 23.8 Å². The summed E-state index contributed by atoms with van der Waals surface area (Å²) in [6, 6.07) is 5.88. The first kappa shape index (κ1) is 15.3. The van der Waals surface area contributed by atoms with Gasteiger partial charge >= 0.3 is 0 Å². The topological polar surface area (TPSA) is 69.4 Å². The molecule has 1 heterocycles. The molecule has 0 saturated heterocycles. The molecule has 0 radical (unpaired) electrons. The van der Waals surface area contributed by atoms with Gasteiger partial charge in [-0.25, -0.2) is 0 Å². The number of hydrogen-bond donors (Lipinski definition) is 1. The fourth-order valence-electron chi connectivity index (χ4n) is 1.89. The largest absolute Gasteiger partial charge is 0.490 e. The highest BCUT2D eigenvalue weighted by Crippen LogP contribution is 2.29. The molecule has 0 aliphatic rings. The second-order valence-corrected chi connectivity index (χ2v) is 4.49. The molecule has 0 aliphatic carbocycles. The van der Waals surface area contributed by atoms with Crippen molar-refractivity contribution in [1.82, 2.24) is 15.5 Å². The van der Waals surface area contributed by atoms with Crippen LogP contribution >= 0.6 is 0 Å². The van der Waals surface area contributed by atoms with Crippen molar-refractivity contribution < 1.29 is 14.0 Å². The molecule has 1 N–H and O–H groups in total. The minimum absolute atomic E-state index is 0.259. The van der Waals surface area contributed by atoms with Gasteiger partial charge in [0.15, 0.2) is 18.1 Å². The first-order valence-electron chi connectivity index (χ1n) is 7.11. The first-order chi connectivity index (χ1) is 10.3. The lowest BCUT2D eigenvalue weighted by Gasteiger charge is -2.12. The lowest BCUT2D eigenvalue weighted by Crippen LogP contribution is -2.06. The first-order valence-corrected chi connectivity index (χ1v) is 7.11. The molecule has 0 spiro atoms. The van der Waals surface area contributed by atoms with Crippen LogP contribution in [0.2, 0.25) is 0 Å². The summed E-state index contributed by atoms with van der Waals surface area (Å²) in [4.78, 5) is 4.21. The maximum atomic E-state index is 5.74. The molecule has 114 valence electrons. The Labute approximate surface area is 124 Å². The summed E-state index contributed by atoms with van der Waals surface area (Å²) in [5.74, 6) is 2.56. The van der Waals surface area contributed by atoms with Crippen molar-refractivity contribution >= 4 is 0 Å². The number of rotatable bonds is 8. The Morgan fingerprint density at radius 3 is 2.71 bits per heavy atom. The van der Waals surface area contributed by atoms with E-state index in [9.17, 15) is 0 Å². The van der Waals surface area contributed by atoms with E-state index in [2.05, 4.69) is 15.5 Å². The van der Waals surface area contributed by atoms with Gasteiger partial charge in [0, 0.05) is 13.0 Å². The van der Waals surface area contributed by atoms with Crippen LogP contribution in [0.4, 0.5) is 0 Å². The number of hydrogen-bond acceptors (Lipinski definition) is 6. The third kappa shape index (κ3) is 4.19. The normalized spacial score (nSPS) is 10.6. The molecule has 0 unspecified atom stereocenters. The van der Waals surface area contributed by atoms with Crippen molar-refractivity contribution in [3.8, 4) is 11.5 Å². The molecule has 0 aliphatic heterocycles. The van der Waals surface area contributed by atoms with Crippen molar-refractivity contribution in [2.45, 2.75) is 33.4 Å². The molecule has 6 nitrogen and oxygen atoms in total. The molecule has 0 bridgehead atoms. The molecule has 0 fully saturated rings. The van der Waals surface area contributed by atoms with E-state index in [1.807, 2.05) is 39.1 Å². The van der Waals surface area contributed by atoms with E-state index < -0.39 is 0 Å². The summed E-state index contributed by atoms with van der Waals surface area (Å²) < 4.78 is 16.4. The second kappa shape index (κ2) is 7.64. The molecule has 1 aromatic heterocycles. The van der Waals surface area contributed by atoms with Gasteiger partial charge in [-0.2, -0.15) is 4.98 Å². The average Bonchev–Trinajstić information content (AvgIpc) is 2.95. The van der Waals surface area contributed by atoms with Gasteiger partial charge in [0.2, 0.25) is 11.7 Å². The standard InChI is InChI=1S/C15H21N3O3/c1-4-15-17-14(18-21-15)10-20-12-7-6-11(9-16-3)8-13(12)19-5-2/h6-8,16H,4-5,9-10H2,1-3H3. The maximum absolute atomic E-state index is 5.74. The van der Waals surface area contributed by atoms with Crippen LogP contribution in [0, 0.1) is 0 Å². The Kier molecular flexibility index (Phi) is 5.57. The summed E-state index contributed by atoms with van der Waals surface area (Å²) in [5.41, 5.74) is 1.14. The van der Waals surface area contributed by atoms with Crippen LogP contribution in [0.5, 0.6) is 11.5 Å². The van der Waals surface area contributed by atoms with E-state index in [0.717, 1.165) is 24.3 Å². The molecule has 0 atom stereocenters. The fraction of sp³-hybridized carbons (Fsp3) is 0.467. The van der Waals surface area contributed by atoms with E-state index in [1.54, 1.807) is 0 Å². The molecule has 2 aromatic rings.